The Kier molecular flexibility index (Phi) is 6.28. The molecule has 0 aromatic heterocycles. The standard InChI is InChI=1S/C17H24N4O2S/c1-12(2)15(22)19-17(24)18-14-6-4-5-13(11-14)16(23)21-9-7-20(3)8-10-21/h4-6,11-12H,7-10H2,1-3H3,(H2,18,19,22,24). The van der Waals surface area contributed by atoms with Crippen LogP contribution in [0.15, 0.2) is 24.3 Å². The van der Waals surface area contributed by atoms with E-state index >= 15 is 0 Å². The van der Waals surface area contributed by atoms with Crippen LogP contribution < -0.4 is 10.6 Å². The summed E-state index contributed by atoms with van der Waals surface area (Å²) in [7, 11) is 2.05. The van der Waals surface area contributed by atoms with Gasteiger partial charge in [0.25, 0.3) is 5.91 Å². The second-order valence-electron chi connectivity index (χ2n) is 6.27. The first-order chi connectivity index (χ1) is 11.4. The molecule has 130 valence electrons. The number of rotatable bonds is 3. The van der Waals surface area contributed by atoms with E-state index in [1.807, 2.05) is 11.0 Å². The molecule has 2 amide bonds. The van der Waals surface area contributed by atoms with Crippen LogP contribution in [0.2, 0.25) is 0 Å². The molecule has 7 heteroatoms. The summed E-state index contributed by atoms with van der Waals surface area (Å²) < 4.78 is 0. The predicted octanol–water partition coefficient (Wildman–Crippen LogP) is 1.54. The van der Waals surface area contributed by atoms with Crippen molar-refractivity contribution in [2.75, 3.05) is 38.5 Å². The summed E-state index contributed by atoms with van der Waals surface area (Å²) in [5.74, 6) is -0.268. The number of hydrogen-bond acceptors (Lipinski definition) is 4. The van der Waals surface area contributed by atoms with Crippen molar-refractivity contribution in [1.29, 1.82) is 0 Å². The Hall–Kier alpha value is -1.99. The third-order valence-corrected chi connectivity index (χ3v) is 4.12. The molecule has 0 radical (unpaired) electrons. The van der Waals surface area contributed by atoms with Gasteiger partial charge in [0.2, 0.25) is 5.91 Å². The topological polar surface area (TPSA) is 64.7 Å². The lowest BCUT2D eigenvalue weighted by atomic mass is 10.1. The zero-order chi connectivity index (χ0) is 17.7. The van der Waals surface area contributed by atoms with Gasteiger partial charge in [-0.2, -0.15) is 0 Å². The van der Waals surface area contributed by atoms with Gasteiger partial charge in [-0.15, -0.1) is 0 Å². The molecule has 0 saturated carbocycles. The third kappa shape index (κ3) is 5.01. The molecule has 0 unspecified atom stereocenters. The van der Waals surface area contributed by atoms with E-state index in [1.54, 1.807) is 32.0 Å². The molecule has 24 heavy (non-hydrogen) atoms. The van der Waals surface area contributed by atoms with Gasteiger partial charge in [-0.3, -0.25) is 9.59 Å². The summed E-state index contributed by atoms with van der Waals surface area (Å²) >= 11 is 5.13. The number of hydrogen-bond donors (Lipinski definition) is 2. The summed E-state index contributed by atoms with van der Waals surface area (Å²) in [5.41, 5.74) is 1.30. The Morgan fingerprint density at radius 2 is 1.83 bits per heavy atom. The molecule has 1 saturated heterocycles. The molecular weight excluding hydrogens is 324 g/mol. The number of amides is 2. The van der Waals surface area contributed by atoms with Crippen molar-refractivity contribution in [2.45, 2.75) is 13.8 Å². The van der Waals surface area contributed by atoms with Crippen molar-refractivity contribution in [1.82, 2.24) is 15.1 Å². The first-order valence-electron chi connectivity index (χ1n) is 8.06. The number of benzene rings is 1. The minimum absolute atomic E-state index is 0.0175. The van der Waals surface area contributed by atoms with Crippen molar-refractivity contribution in [2.24, 2.45) is 5.92 Å². The van der Waals surface area contributed by atoms with Gasteiger partial charge >= 0.3 is 0 Å². The Balaban J connectivity index is 1.99. The fraction of sp³-hybridized carbons (Fsp3) is 0.471. The predicted molar refractivity (Wildman–Crippen MR) is 99.0 cm³/mol. The van der Waals surface area contributed by atoms with Crippen LogP contribution in [0.5, 0.6) is 0 Å². The van der Waals surface area contributed by atoms with E-state index in [0.717, 1.165) is 26.2 Å². The molecule has 1 heterocycles. The molecule has 1 aliphatic rings. The summed E-state index contributed by atoms with van der Waals surface area (Å²) in [6.07, 6.45) is 0. The monoisotopic (exact) mass is 348 g/mol. The van der Waals surface area contributed by atoms with Crippen molar-refractivity contribution < 1.29 is 9.59 Å². The van der Waals surface area contributed by atoms with E-state index < -0.39 is 0 Å². The molecule has 1 aliphatic heterocycles. The highest BCUT2D eigenvalue weighted by atomic mass is 32.1. The van der Waals surface area contributed by atoms with E-state index in [-0.39, 0.29) is 22.8 Å². The molecule has 0 spiro atoms. The second-order valence-corrected chi connectivity index (χ2v) is 6.68. The Morgan fingerprint density at radius 3 is 2.46 bits per heavy atom. The average molecular weight is 348 g/mol. The summed E-state index contributed by atoms with van der Waals surface area (Å²) in [6, 6.07) is 7.17. The van der Waals surface area contributed by atoms with E-state index in [0.29, 0.717) is 11.3 Å². The van der Waals surface area contributed by atoms with Crippen molar-refractivity contribution in [3.63, 3.8) is 0 Å². The average Bonchev–Trinajstić information content (AvgIpc) is 2.55. The number of nitrogens with one attached hydrogen (secondary N) is 2. The lowest BCUT2D eigenvalue weighted by molar-refractivity contribution is -0.122. The van der Waals surface area contributed by atoms with E-state index in [4.69, 9.17) is 12.2 Å². The molecule has 0 aliphatic carbocycles. The maximum absolute atomic E-state index is 12.6. The van der Waals surface area contributed by atoms with Gasteiger partial charge in [0.05, 0.1) is 0 Å². The molecule has 1 aromatic rings. The van der Waals surface area contributed by atoms with Crippen LogP contribution in [0.25, 0.3) is 0 Å². The first kappa shape index (κ1) is 18.4. The lowest BCUT2D eigenvalue weighted by Crippen LogP contribution is -2.47. The van der Waals surface area contributed by atoms with Gasteiger partial charge in [-0.1, -0.05) is 19.9 Å². The highest BCUT2D eigenvalue weighted by molar-refractivity contribution is 7.80. The fourth-order valence-corrected chi connectivity index (χ4v) is 2.56. The van der Waals surface area contributed by atoms with Gasteiger partial charge in [0, 0.05) is 43.3 Å². The van der Waals surface area contributed by atoms with Crippen LogP contribution >= 0.6 is 12.2 Å². The second kappa shape index (κ2) is 8.21. The number of piperazine rings is 1. The largest absolute Gasteiger partial charge is 0.336 e. The van der Waals surface area contributed by atoms with Crippen LogP contribution in [-0.4, -0.2) is 60.0 Å². The van der Waals surface area contributed by atoms with E-state index in [2.05, 4.69) is 22.6 Å². The third-order valence-electron chi connectivity index (χ3n) is 3.92. The van der Waals surface area contributed by atoms with Crippen LogP contribution in [0.1, 0.15) is 24.2 Å². The normalized spacial score (nSPS) is 15.2. The SMILES string of the molecule is CC(C)C(=O)NC(=S)Nc1cccc(C(=O)N2CCN(C)CC2)c1. The van der Waals surface area contributed by atoms with Crippen LogP contribution in [0.3, 0.4) is 0 Å². The Labute approximate surface area is 148 Å². The lowest BCUT2D eigenvalue weighted by Gasteiger charge is -2.32. The van der Waals surface area contributed by atoms with Crippen molar-refractivity contribution in [3.05, 3.63) is 29.8 Å². The van der Waals surface area contributed by atoms with E-state index in [9.17, 15) is 9.59 Å². The summed E-state index contributed by atoms with van der Waals surface area (Å²) in [5, 5.41) is 5.81. The summed E-state index contributed by atoms with van der Waals surface area (Å²) in [4.78, 5) is 28.3. The molecule has 0 atom stereocenters. The zero-order valence-electron chi connectivity index (χ0n) is 14.3. The molecule has 0 bridgehead atoms. The number of anilines is 1. The minimum Gasteiger partial charge on any atom is -0.336 e. The van der Waals surface area contributed by atoms with Crippen LogP contribution in [-0.2, 0) is 4.79 Å². The van der Waals surface area contributed by atoms with Gasteiger partial charge in [0.1, 0.15) is 0 Å². The van der Waals surface area contributed by atoms with Crippen LogP contribution in [0, 0.1) is 5.92 Å². The summed E-state index contributed by atoms with van der Waals surface area (Å²) in [6.45, 7) is 6.83. The zero-order valence-corrected chi connectivity index (χ0v) is 15.2. The smallest absolute Gasteiger partial charge is 0.254 e. The van der Waals surface area contributed by atoms with Gasteiger partial charge in [-0.25, -0.2) is 0 Å². The number of thiocarbonyl (C=S) groups is 1. The molecule has 2 rings (SSSR count). The van der Waals surface area contributed by atoms with Gasteiger partial charge in [0.15, 0.2) is 5.11 Å². The number of nitrogens with zero attached hydrogens (tertiary/aromatic N) is 2. The first-order valence-corrected chi connectivity index (χ1v) is 8.47. The van der Waals surface area contributed by atoms with Crippen molar-refractivity contribution in [3.8, 4) is 0 Å². The molecular formula is C17H24N4O2S. The van der Waals surface area contributed by atoms with Gasteiger partial charge in [-0.05, 0) is 37.5 Å². The number of carbonyl (C=O) groups is 2. The van der Waals surface area contributed by atoms with Crippen LogP contribution in [0.4, 0.5) is 5.69 Å². The van der Waals surface area contributed by atoms with Crippen molar-refractivity contribution >= 4 is 34.8 Å². The maximum atomic E-state index is 12.6. The molecule has 1 fully saturated rings. The molecule has 2 N–H and O–H groups in total. The van der Waals surface area contributed by atoms with E-state index in [1.165, 1.54) is 0 Å². The number of likely N-dealkylation sites (N-methyl/N-ethyl adjacent to an activating group) is 1. The quantitative estimate of drug-likeness (QED) is 0.812. The highest BCUT2D eigenvalue weighted by Gasteiger charge is 2.20. The Bertz CT molecular complexity index is 625. The van der Waals surface area contributed by atoms with Gasteiger partial charge < -0.3 is 20.4 Å². The Morgan fingerprint density at radius 1 is 1.17 bits per heavy atom. The maximum Gasteiger partial charge on any atom is 0.254 e. The fourth-order valence-electron chi connectivity index (χ4n) is 2.34. The highest BCUT2D eigenvalue weighted by Crippen LogP contribution is 2.14. The number of carbonyl (C=O) groups excluding carboxylic acids is 2. The minimum atomic E-state index is -0.144. The molecule has 6 nitrogen and oxygen atoms in total. The molecule has 1 aromatic carbocycles.